The van der Waals surface area contributed by atoms with Gasteiger partial charge in [-0.3, -0.25) is 0 Å². The van der Waals surface area contributed by atoms with Gasteiger partial charge in [-0.25, -0.2) is 0 Å². The lowest BCUT2D eigenvalue weighted by Crippen LogP contribution is -2.35. The van der Waals surface area contributed by atoms with Crippen molar-refractivity contribution in [2.24, 2.45) is 5.41 Å². The standard InChI is InChI=1S/C15H19ClOS/c16-10-15(6-3-7-17-11-15)8-12-9-18-14-5-2-1-4-13(12)14/h1-2,4-5,12H,3,6-11H2. The van der Waals surface area contributed by atoms with Crippen LogP contribution in [0.2, 0.25) is 0 Å². The van der Waals surface area contributed by atoms with E-state index in [-0.39, 0.29) is 5.41 Å². The number of rotatable bonds is 3. The fourth-order valence-electron chi connectivity index (χ4n) is 3.15. The van der Waals surface area contributed by atoms with Crippen LogP contribution in [0, 0.1) is 5.41 Å². The summed E-state index contributed by atoms with van der Waals surface area (Å²) in [4.78, 5) is 1.46. The van der Waals surface area contributed by atoms with E-state index >= 15 is 0 Å². The van der Waals surface area contributed by atoms with E-state index in [9.17, 15) is 0 Å². The molecule has 0 N–H and O–H groups in total. The van der Waals surface area contributed by atoms with Crippen molar-refractivity contribution in [1.82, 2.24) is 0 Å². The first-order chi connectivity index (χ1) is 8.83. The van der Waals surface area contributed by atoms with Crippen molar-refractivity contribution in [3.05, 3.63) is 29.8 Å². The molecule has 2 aliphatic rings. The molecular formula is C15H19ClOS. The van der Waals surface area contributed by atoms with Gasteiger partial charge in [0.05, 0.1) is 6.61 Å². The molecule has 1 aromatic carbocycles. The monoisotopic (exact) mass is 282 g/mol. The highest BCUT2D eigenvalue weighted by Crippen LogP contribution is 2.47. The molecule has 3 rings (SSSR count). The first-order valence-electron chi connectivity index (χ1n) is 6.68. The van der Waals surface area contributed by atoms with E-state index in [2.05, 4.69) is 24.3 Å². The van der Waals surface area contributed by atoms with Gasteiger partial charge in [-0.05, 0) is 36.8 Å². The predicted molar refractivity (Wildman–Crippen MR) is 77.7 cm³/mol. The van der Waals surface area contributed by atoms with Crippen LogP contribution in [-0.4, -0.2) is 24.8 Å². The molecule has 0 aliphatic carbocycles. The zero-order chi connectivity index (χ0) is 12.4. The molecule has 0 amide bonds. The molecule has 2 heterocycles. The Hall–Kier alpha value is -0.180. The Morgan fingerprint density at radius 3 is 3.06 bits per heavy atom. The van der Waals surface area contributed by atoms with Crippen LogP contribution in [0.25, 0.3) is 0 Å². The normalized spacial score (nSPS) is 31.3. The lowest BCUT2D eigenvalue weighted by molar-refractivity contribution is -0.00257. The molecule has 1 nitrogen and oxygen atoms in total. The zero-order valence-electron chi connectivity index (χ0n) is 10.5. The summed E-state index contributed by atoms with van der Waals surface area (Å²) in [5.74, 6) is 2.60. The topological polar surface area (TPSA) is 9.23 Å². The van der Waals surface area contributed by atoms with E-state index in [1.807, 2.05) is 11.8 Å². The molecule has 1 aromatic rings. The number of hydrogen-bond donors (Lipinski definition) is 0. The first kappa shape index (κ1) is 12.8. The molecule has 2 unspecified atom stereocenters. The molecule has 2 atom stereocenters. The van der Waals surface area contributed by atoms with E-state index in [1.165, 1.54) is 29.1 Å². The maximum absolute atomic E-state index is 6.26. The average molecular weight is 283 g/mol. The molecule has 1 saturated heterocycles. The van der Waals surface area contributed by atoms with E-state index in [1.54, 1.807) is 0 Å². The van der Waals surface area contributed by atoms with Crippen molar-refractivity contribution in [2.45, 2.75) is 30.1 Å². The Morgan fingerprint density at radius 2 is 2.28 bits per heavy atom. The van der Waals surface area contributed by atoms with Gasteiger partial charge in [-0.1, -0.05) is 18.2 Å². The van der Waals surface area contributed by atoms with Gasteiger partial charge in [-0.2, -0.15) is 0 Å². The van der Waals surface area contributed by atoms with Crippen LogP contribution >= 0.6 is 23.4 Å². The third-order valence-corrected chi connectivity index (χ3v) is 5.98. The smallest absolute Gasteiger partial charge is 0.0534 e. The van der Waals surface area contributed by atoms with E-state index < -0.39 is 0 Å². The fraction of sp³-hybridized carbons (Fsp3) is 0.600. The molecule has 18 heavy (non-hydrogen) atoms. The number of thioether (sulfide) groups is 1. The summed E-state index contributed by atoms with van der Waals surface area (Å²) in [6, 6.07) is 8.81. The number of benzene rings is 1. The summed E-state index contributed by atoms with van der Waals surface area (Å²) in [7, 11) is 0. The zero-order valence-corrected chi connectivity index (χ0v) is 12.1. The Morgan fingerprint density at radius 1 is 1.39 bits per heavy atom. The number of fused-ring (bicyclic) bond motifs is 1. The molecule has 3 heteroatoms. The van der Waals surface area contributed by atoms with Crippen LogP contribution in [0.3, 0.4) is 0 Å². The van der Waals surface area contributed by atoms with Gasteiger partial charge >= 0.3 is 0 Å². The maximum atomic E-state index is 6.26. The summed E-state index contributed by atoms with van der Waals surface area (Å²) in [5.41, 5.74) is 1.74. The number of halogens is 1. The van der Waals surface area contributed by atoms with Gasteiger partial charge in [0.15, 0.2) is 0 Å². The maximum Gasteiger partial charge on any atom is 0.0534 e. The fourth-order valence-corrected chi connectivity index (χ4v) is 4.73. The lowest BCUT2D eigenvalue weighted by Gasteiger charge is -2.37. The minimum absolute atomic E-state index is 0.211. The van der Waals surface area contributed by atoms with Crippen molar-refractivity contribution in [3.8, 4) is 0 Å². The van der Waals surface area contributed by atoms with Gasteiger partial charge in [0, 0.05) is 28.6 Å². The molecule has 2 aliphatic heterocycles. The summed E-state index contributed by atoms with van der Waals surface area (Å²) in [6.45, 7) is 1.76. The van der Waals surface area contributed by atoms with Gasteiger partial charge in [0.25, 0.3) is 0 Å². The van der Waals surface area contributed by atoms with Crippen LogP contribution < -0.4 is 0 Å². The summed E-state index contributed by atoms with van der Waals surface area (Å²) in [6.07, 6.45) is 3.56. The SMILES string of the molecule is ClCC1(CC2CSc3ccccc32)CCCOC1. The largest absolute Gasteiger partial charge is 0.381 e. The van der Waals surface area contributed by atoms with Crippen molar-refractivity contribution in [2.75, 3.05) is 24.8 Å². The third kappa shape index (κ3) is 2.43. The summed E-state index contributed by atoms with van der Waals surface area (Å²) >= 11 is 8.25. The lowest BCUT2D eigenvalue weighted by atomic mass is 9.75. The number of hydrogen-bond acceptors (Lipinski definition) is 2. The Kier molecular flexibility index (Phi) is 3.88. The van der Waals surface area contributed by atoms with Gasteiger partial charge < -0.3 is 4.74 Å². The molecule has 0 saturated carbocycles. The van der Waals surface area contributed by atoms with Crippen molar-refractivity contribution in [3.63, 3.8) is 0 Å². The van der Waals surface area contributed by atoms with Crippen LogP contribution in [0.5, 0.6) is 0 Å². The first-order valence-corrected chi connectivity index (χ1v) is 8.20. The van der Waals surface area contributed by atoms with Crippen molar-refractivity contribution in [1.29, 1.82) is 0 Å². The molecule has 98 valence electrons. The second kappa shape index (κ2) is 5.44. The summed E-state index contributed by atoms with van der Waals surface area (Å²) in [5, 5.41) is 0. The highest BCUT2D eigenvalue weighted by atomic mass is 35.5. The van der Waals surface area contributed by atoms with E-state index in [0.717, 1.165) is 25.5 Å². The van der Waals surface area contributed by atoms with Crippen molar-refractivity contribution >= 4 is 23.4 Å². The van der Waals surface area contributed by atoms with E-state index in [4.69, 9.17) is 16.3 Å². The molecule has 0 spiro atoms. The number of ether oxygens (including phenoxy) is 1. The molecule has 0 aromatic heterocycles. The Balaban J connectivity index is 1.77. The molecular weight excluding hydrogens is 264 g/mol. The second-order valence-corrected chi connectivity index (χ2v) is 6.87. The molecule has 0 bridgehead atoms. The number of alkyl halides is 1. The van der Waals surface area contributed by atoms with Gasteiger partial charge in [-0.15, -0.1) is 23.4 Å². The van der Waals surface area contributed by atoms with E-state index in [0.29, 0.717) is 5.92 Å². The van der Waals surface area contributed by atoms with Crippen LogP contribution in [-0.2, 0) is 4.74 Å². The predicted octanol–water partition coefficient (Wildman–Crippen LogP) is 4.30. The van der Waals surface area contributed by atoms with Crippen molar-refractivity contribution < 1.29 is 4.74 Å². The quantitative estimate of drug-likeness (QED) is 0.765. The van der Waals surface area contributed by atoms with Gasteiger partial charge in [0.2, 0.25) is 0 Å². The Labute approximate surface area is 118 Å². The van der Waals surface area contributed by atoms with Crippen LogP contribution in [0.4, 0.5) is 0 Å². The molecule has 1 fully saturated rings. The molecule has 0 radical (unpaired) electrons. The highest BCUT2D eigenvalue weighted by molar-refractivity contribution is 7.99. The Bertz CT molecular complexity index is 415. The average Bonchev–Trinajstić information content (AvgIpc) is 2.83. The van der Waals surface area contributed by atoms with Gasteiger partial charge in [0.1, 0.15) is 0 Å². The third-order valence-electron chi connectivity index (χ3n) is 4.17. The minimum atomic E-state index is 0.211. The summed E-state index contributed by atoms with van der Waals surface area (Å²) < 4.78 is 5.68. The van der Waals surface area contributed by atoms with Crippen LogP contribution in [0.1, 0.15) is 30.7 Å². The highest BCUT2D eigenvalue weighted by Gasteiger charge is 2.37. The minimum Gasteiger partial charge on any atom is -0.381 e. The second-order valence-electron chi connectivity index (χ2n) is 5.54. The van der Waals surface area contributed by atoms with Crippen LogP contribution in [0.15, 0.2) is 29.2 Å².